The van der Waals surface area contributed by atoms with Gasteiger partial charge >= 0.3 is 0 Å². The molecule has 0 saturated heterocycles. The number of rotatable bonds is 3. The first kappa shape index (κ1) is 27.8. The first-order valence-electron chi connectivity index (χ1n) is 8.98. The van der Waals surface area contributed by atoms with Crippen molar-refractivity contribution in [1.29, 1.82) is 0 Å². The molecule has 3 nitrogen and oxygen atoms in total. The summed E-state index contributed by atoms with van der Waals surface area (Å²) in [6.45, 7) is 23.0. The average molecular weight is 343 g/mol. The molecule has 0 bridgehead atoms. The van der Waals surface area contributed by atoms with Gasteiger partial charge in [-0.2, -0.15) is 0 Å². The molecule has 0 fully saturated rings. The number of ketones is 3. The first-order chi connectivity index (χ1) is 10.4. The van der Waals surface area contributed by atoms with Crippen LogP contribution in [0.5, 0.6) is 0 Å². The summed E-state index contributed by atoms with van der Waals surface area (Å²) in [5.74, 6) is 0.940. The second-order valence-electron chi connectivity index (χ2n) is 9.26. The van der Waals surface area contributed by atoms with Gasteiger partial charge in [-0.25, -0.2) is 0 Å². The minimum atomic E-state index is -0.139. The summed E-state index contributed by atoms with van der Waals surface area (Å²) in [5.41, 5.74) is -0.398. The number of carbonyl (C=O) groups is 3. The lowest BCUT2D eigenvalue weighted by molar-refractivity contribution is -0.126. The van der Waals surface area contributed by atoms with E-state index in [1.54, 1.807) is 6.92 Å². The highest BCUT2D eigenvalue weighted by atomic mass is 16.1. The fourth-order valence-corrected chi connectivity index (χ4v) is 1.13. The van der Waals surface area contributed by atoms with Gasteiger partial charge in [-0.3, -0.25) is 14.4 Å². The van der Waals surface area contributed by atoms with E-state index in [4.69, 9.17) is 0 Å². The molecule has 0 saturated carbocycles. The van der Waals surface area contributed by atoms with Crippen molar-refractivity contribution < 1.29 is 14.4 Å². The predicted octanol–water partition coefficient (Wildman–Crippen LogP) is 6.03. The van der Waals surface area contributed by atoms with Gasteiger partial charge < -0.3 is 0 Å². The molecule has 0 aromatic carbocycles. The average Bonchev–Trinajstić information content (AvgIpc) is 2.36. The number of hydrogen-bond donors (Lipinski definition) is 0. The van der Waals surface area contributed by atoms with Crippen LogP contribution < -0.4 is 0 Å². The van der Waals surface area contributed by atoms with Gasteiger partial charge in [0.1, 0.15) is 17.3 Å². The van der Waals surface area contributed by atoms with E-state index in [-0.39, 0.29) is 22.0 Å². The van der Waals surface area contributed by atoms with Crippen LogP contribution in [0.2, 0.25) is 0 Å². The molecule has 0 rings (SSSR count). The predicted molar refractivity (Wildman–Crippen MR) is 104 cm³/mol. The number of carbonyl (C=O) groups excluding carboxylic acids is 3. The molecule has 0 heterocycles. The minimum absolute atomic E-state index is 0.129. The Bertz CT molecular complexity index is 385. The van der Waals surface area contributed by atoms with Crippen LogP contribution in [0.3, 0.4) is 0 Å². The van der Waals surface area contributed by atoms with E-state index in [1.165, 1.54) is 0 Å². The Labute approximate surface area is 151 Å². The maximum atomic E-state index is 11.1. The smallest absolute Gasteiger partial charge is 0.138 e. The molecular formula is C21H42O3. The maximum absolute atomic E-state index is 11.1. The molecule has 144 valence electrons. The first-order valence-corrected chi connectivity index (χ1v) is 8.98. The number of hydrogen-bond acceptors (Lipinski definition) is 3. The highest BCUT2D eigenvalue weighted by Crippen LogP contribution is 2.17. The molecular weight excluding hydrogens is 300 g/mol. The number of Topliss-reactive ketones (excluding diaryl/α,β-unsaturated/α-hetero) is 3. The van der Waals surface area contributed by atoms with E-state index in [1.807, 2.05) is 76.2 Å². The van der Waals surface area contributed by atoms with Gasteiger partial charge in [0.2, 0.25) is 0 Å². The van der Waals surface area contributed by atoms with Crippen LogP contribution in [0.4, 0.5) is 0 Å². The van der Waals surface area contributed by atoms with E-state index in [2.05, 4.69) is 0 Å². The van der Waals surface area contributed by atoms with Gasteiger partial charge in [-0.15, -0.1) is 0 Å². The largest absolute Gasteiger partial charge is 0.299 e. The summed E-state index contributed by atoms with van der Waals surface area (Å²) < 4.78 is 0. The van der Waals surface area contributed by atoms with Crippen LogP contribution in [-0.4, -0.2) is 17.3 Å². The van der Waals surface area contributed by atoms with Crippen LogP contribution >= 0.6 is 0 Å². The van der Waals surface area contributed by atoms with Crippen molar-refractivity contribution in [3.05, 3.63) is 0 Å². The van der Waals surface area contributed by atoms with Crippen LogP contribution in [0.25, 0.3) is 0 Å². The molecule has 0 aromatic heterocycles. The van der Waals surface area contributed by atoms with E-state index in [0.717, 1.165) is 12.8 Å². The summed E-state index contributed by atoms with van der Waals surface area (Å²) in [7, 11) is 0. The topological polar surface area (TPSA) is 51.2 Å². The molecule has 0 atom stereocenters. The fourth-order valence-electron chi connectivity index (χ4n) is 1.13. The molecule has 24 heavy (non-hydrogen) atoms. The van der Waals surface area contributed by atoms with Crippen LogP contribution in [0.15, 0.2) is 0 Å². The van der Waals surface area contributed by atoms with E-state index in [9.17, 15) is 14.4 Å². The lowest BCUT2D eigenvalue weighted by Gasteiger charge is -2.15. The molecule has 0 aromatic rings. The van der Waals surface area contributed by atoms with Crippen molar-refractivity contribution >= 4 is 17.3 Å². The Balaban J connectivity index is -0.000000278. The van der Waals surface area contributed by atoms with Gasteiger partial charge in [0.15, 0.2) is 0 Å². The molecule has 0 aliphatic carbocycles. The second kappa shape index (κ2) is 11.5. The van der Waals surface area contributed by atoms with Crippen molar-refractivity contribution in [3.8, 4) is 0 Å². The SMILES string of the molecule is CC(=O)C(C)(C)C.CCC(=O)C(C)(C)C.CCCC(=O)C(C)(C)C. The van der Waals surface area contributed by atoms with E-state index >= 15 is 0 Å². The minimum Gasteiger partial charge on any atom is -0.299 e. The highest BCUT2D eigenvalue weighted by Gasteiger charge is 2.19. The van der Waals surface area contributed by atoms with E-state index < -0.39 is 0 Å². The molecule has 0 N–H and O–H groups in total. The normalized spacial score (nSPS) is 11.5. The Morgan fingerprint density at radius 2 is 0.917 bits per heavy atom. The quantitative estimate of drug-likeness (QED) is 0.628. The second-order valence-corrected chi connectivity index (χ2v) is 9.26. The molecule has 0 aliphatic heterocycles. The third kappa shape index (κ3) is 17.4. The van der Waals surface area contributed by atoms with Gasteiger partial charge in [-0.05, 0) is 13.3 Å². The zero-order valence-electron chi connectivity index (χ0n) is 18.3. The van der Waals surface area contributed by atoms with Crippen molar-refractivity contribution in [3.63, 3.8) is 0 Å². The van der Waals surface area contributed by atoms with E-state index in [0.29, 0.717) is 18.0 Å². The lowest BCUT2D eigenvalue weighted by atomic mass is 9.88. The standard InChI is InChI=1S/C8H16O.C7H14O.C6H12O/c1-5-6-7(9)8(2,3)4;1-5-6(8)7(2,3)4;1-5(7)6(2,3)4/h5-6H2,1-4H3;5H2,1-4H3;1-4H3. The van der Waals surface area contributed by atoms with Gasteiger partial charge in [0.25, 0.3) is 0 Å². The zero-order valence-corrected chi connectivity index (χ0v) is 18.3. The molecule has 0 radical (unpaired) electrons. The van der Waals surface area contributed by atoms with Crippen LogP contribution in [0.1, 0.15) is 102 Å². The van der Waals surface area contributed by atoms with Crippen molar-refractivity contribution in [2.24, 2.45) is 16.2 Å². The van der Waals surface area contributed by atoms with Crippen molar-refractivity contribution in [1.82, 2.24) is 0 Å². The van der Waals surface area contributed by atoms with Crippen LogP contribution in [0, 0.1) is 16.2 Å². The molecule has 0 aliphatic rings. The van der Waals surface area contributed by atoms with Crippen LogP contribution in [-0.2, 0) is 14.4 Å². The van der Waals surface area contributed by atoms with Gasteiger partial charge in [0.05, 0.1) is 0 Å². The third-order valence-electron chi connectivity index (χ3n) is 3.53. The molecule has 0 unspecified atom stereocenters. The Hall–Kier alpha value is -0.990. The lowest BCUT2D eigenvalue weighted by Crippen LogP contribution is -2.19. The molecule has 0 spiro atoms. The summed E-state index contributed by atoms with van der Waals surface area (Å²) >= 11 is 0. The monoisotopic (exact) mass is 342 g/mol. The Morgan fingerprint density at radius 1 is 0.625 bits per heavy atom. The van der Waals surface area contributed by atoms with Gasteiger partial charge in [-0.1, -0.05) is 76.2 Å². The molecule has 3 heteroatoms. The van der Waals surface area contributed by atoms with Gasteiger partial charge in [0, 0.05) is 29.1 Å². The fraction of sp³-hybridized carbons (Fsp3) is 0.857. The molecule has 0 amide bonds. The van der Waals surface area contributed by atoms with Crippen molar-refractivity contribution in [2.45, 2.75) is 102 Å². The Morgan fingerprint density at radius 3 is 0.958 bits per heavy atom. The zero-order chi connectivity index (χ0) is 20.4. The highest BCUT2D eigenvalue weighted by molar-refractivity contribution is 5.83. The summed E-state index contributed by atoms with van der Waals surface area (Å²) in [6.07, 6.45) is 2.35. The van der Waals surface area contributed by atoms with Crippen molar-refractivity contribution in [2.75, 3.05) is 0 Å². The summed E-state index contributed by atoms with van der Waals surface area (Å²) in [6, 6.07) is 0. The Kier molecular flexibility index (Phi) is 13.4. The summed E-state index contributed by atoms with van der Waals surface area (Å²) in [4.78, 5) is 32.4. The maximum Gasteiger partial charge on any atom is 0.138 e. The third-order valence-corrected chi connectivity index (χ3v) is 3.53. The summed E-state index contributed by atoms with van der Waals surface area (Å²) in [5, 5.41) is 0.